The number of aromatic hydroxyl groups is 1. The van der Waals surface area contributed by atoms with Gasteiger partial charge < -0.3 is 9.84 Å². The molecule has 1 saturated carbocycles. The lowest BCUT2D eigenvalue weighted by atomic mass is 9.84. The summed E-state index contributed by atoms with van der Waals surface area (Å²) in [6.45, 7) is 4.36. The van der Waals surface area contributed by atoms with Crippen LogP contribution < -0.4 is 4.74 Å². The predicted molar refractivity (Wildman–Crippen MR) is 75.3 cm³/mol. The highest BCUT2D eigenvalue weighted by molar-refractivity contribution is 6.01. The summed E-state index contributed by atoms with van der Waals surface area (Å²) in [6.07, 6.45) is 4.80. The van der Waals surface area contributed by atoms with E-state index in [1.54, 1.807) is 18.2 Å². The minimum absolute atomic E-state index is 0.128. The van der Waals surface area contributed by atoms with Crippen molar-refractivity contribution in [2.75, 3.05) is 6.61 Å². The molecule has 3 heteroatoms. The van der Waals surface area contributed by atoms with Gasteiger partial charge in [0.2, 0.25) is 0 Å². The molecule has 1 atom stereocenters. The van der Waals surface area contributed by atoms with Gasteiger partial charge in [-0.15, -0.1) is 0 Å². The molecule has 0 spiro atoms. The van der Waals surface area contributed by atoms with Crippen molar-refractivity contribution in [2.24, 2.45) is 5.92 Å². The van der Waals surface area contributed by atoms with E-state index in [-0.39, 0.29) is 17.5 Å². The average Bonchev–Trinajstić information content (AvgIpc) is 2.39. The standard InChI is InChI=1S/C16H20O3/c1-3-19-15-10-12(7-8-14(15)17)9-13-6-4-5-11(2)16(13)18/h7-11,17H,3-6H2,1-2H3/b13-9+/t11-/m1/s1. The Balaban J connectivity index is 2.27. The third-order valence-electron chi connectivity index (χ3n) is 3.47. The van der Waals surface area contributed by atoms with E-state index in [0.29, 0.717) is 12.4 Å². The van der Waals surface area contributed by atoms with Gasteiger partial charge in [-0.2, -0.15) is 0 Å². The van der Waals surface area contributed by atoms with Crippen LogP contribution in [0.15, 0.2) is 23.8 Å². The predicted octanol–water partition coefficient (Wildman–Crippen LogP) is 3.56. The topological polar surface area (TPSA) is 46.5 Å². The fourth-order valence-electron chi connectivity index (χ4n) is 2.41. The molecule has 1 aliphatic carbocycles. The summed E-state index contributed by atoms with van der Waals surface area (Å²) in [5.74, 6) is 0.973. The second-order valence-corrected chi connectivity index (χ2v) is 4.99. The smallest absolute Gasteiger partial charge is 0.161 e. The number of phenolic OH excluding ortho intramolecular Hbond substituents is 1. The number of benzene rings is 1. The normalized spacial score (nSPS) is 21.7. The number of hydrogen-bond acceptors (Lipinski definition) is 3. The van der Waals surface area contributed by atoms with Crippen LogP contribution >= 0.6 is 0 Å². The van der Waals surface area contributed by atoms with Crippen molar-refractivity contribution in [1.82, 2.24) is 0 Å². The molecule has 1 N–H and O–H groups in total. The number of rotatable bonds is 3. The molecule has 0 aromatic heterocycles. The summed E-state index contributed by atoms with van der Waals surface area (Å²) in [5, 5.41) is 9.65. The van der Waals surface area contributed by atoms with Crippen molar-refractivity contribution in [3.05, 3.63) is 29.3 Å². The molecule has 0 amide bonds. The molecule has 1 aromatic carbocycles. The molecule has 102 valence electrons. The maximum Gasteiger partial charge on any atom is 0.161 e. The first-order valence-corrected chi connectivity index (χ1v) is 6.82. The highest BCUT2D eigenvalue weighted by Crippen LogP contribution is 2.30. The van der Waals surface area contributed by atoms with Crippen LogP contribution in [-0.4, -0.2) is 17.5 Å². The van der Waals surface area contributed by atoms with Gasteiger partial charge in [0.15, 0.2) is 17.3 Å². The van der Waals surface area contributed by atoms with Gasteiger partial charge in [0.25, 0.3) is 0 Å². The second-order valence-electron chi connectivity index (χ2n) is 4.99. The quantitative estimate of drug-likeness (QED) is 0.845. The summed E-state index contributed by atoms with van der Waals surface area (Å²) >= 11 is 0. The lowest BCUT2D eigenvalue weighted by Crippen LogP contribution is -2.18. The summed E-state index contributed by atoms with van der Waals surface area (Å²) < 4.78 is 5.35. The molecule has 0 radical (unpaired) electrons. The fraction of sp³-hybridized carbons (Fsp3) is 0.438. The van der Waals surface area contributed by atoms with Gasteiger partial charge in [0.1, 0.15) is 0 Å². The van der Waals surface area contributed by atoms with Crippen molar-refractivity contribution >= 4 is 11.9 Å². The number of carbonyl (C=O) groups is 1. The molecule has 1 aliphatic rings. The first-order chi connectivity index (χ1) is 9.11. The molecule has 0 saturated heterocycles. The number of hydrogen-bond donors (Lipinski definition) is 1. The molecule has 19 heavy (non-hydrogen) atoms. The first kappa shape index (κ1) is 13.7. The summed E-state index contributed by atoms with van der Waals surface area (Å²) in [4.78, 5) is 12.1. The van der Waals surface area contributed by atoms with Gasteiger partial charge in [-0.1, -0.05) is 13.0 Å². The SMILES string of the molecule is CCOc1cc(/C=C2\CCC[C@@H](C)C2=O)ccc1O. The Morgan fingerprint density at radius 3 is 3.00 bits per heavy atom. The van der Waals surface area contributed by atoms with Crippen LogP contribution in [0.1, 0.15) is 38.7 Å². The second kappa shape index (κ2) is 5.91. The van der Waals surface area contributed by atoms with Gasteiger partial charge in [-0.25, -0.2) is 0 Å². The maximum absolute atomic E-state index is 12.1. The molecule has 1 fully saturated rings. The Kier molecular flexibility index (Phi) is 4.25. The highest BCUT2D eigenvalue weighted by Gasteiger charge is 2.22. The molecule has 1 aromatic rings. The van der Waals surface area contributed by atoms with E-state index in [2.05, 4.69) is 0 Å². The first-order valence-electron chi connectivity index (χ1n) is 6.82. The summed E-state index contributed by atoms with van der Waals surface area (Å²) in [7, 11) is 0. The van der Waals surface area contributed by atoms with Gasteiger partial charge >= 0.3 is 0 Å². The van der Waals surface area contributed by atoms with Gasteiger partial charge in [0.05, 0.1) is 6.61 Å². The van der Waals surface area contributed by atoms with Crippen LogP contribution in [0.4, 0.5) is 0 Å². The van der Waals surface area contributed by atoms with Crippen LogP contribution in [0.2, 0.25) is 0 Å². The molecule has 0 bridgehead atoms. The fourth-order valence-corrected chi connectivity index (χ4v) is 2.41. The van der Waals surface area contributed by atoms with Crippen molar-refractivity contribution in [2.45, 2.75) is 33.1 Å². The Morgan fingerprint density at radius 1 is 1.47 bits per heavy atom. The zero-order chi connectivity index (χ0) is 13.8. The van der Waals surface area contributed by atoms with E-state index in [1.165, 1.54) is 0 Å². The molecular formula is C16H20O3. The third-order valence-corrected chi connectivity index (χ3v) is 3.47. The molecular weight excluding hydrogens is 240 g/mol. The van der Waals surface area contributed by atoms with E-state index < -0.39 is 0 Å². The zero-order valence-corrected chi connectivity index (χ0v) is 11.5. The number of phenols is 1. The van der Waals surface area contributed by atoms with Crippen LogP contribution in [0.3, 0.4) is 0 Å². The molecule has 3 nitrogen and oxygen atoms in total. The molecule has 0 heterocycles. The van der Waals surface area contributed by atoms with Crippen LogP contribution in [-0.2, 0) is 4.79 Å². The van der Waals surface area contributed by atoms with Crippen molar-refractivity contribution in [3.8, 4) is 11.5 Å². The molecule has 0 aliphatic heterocycles. The number of Topliss-reactive ketones (excluding diaryl/α,β-unsaturated/α-hetero) is 1. The largest absolute Gasteiger partial charge is 0.504 e. The monoisotopic (exact) mass is 260 g/mol. The van der Waals surface area contributed by atoms with E-state index in [4.69, 9.17) is 4.74 Å². The van der Waals surface area contributed by atoms with Crippen LogP contribution in [0, 0.1) is 5.92 Å². The molecule has 0 unspecified atom stereocenters. The number of ether oxygens (including phenoxy) is 1. The number of allylic oxidation sites excluding steroid dienone is 1. The minimum Gasteiger partial charge on any atom is -0.504 e. The average molecular weight is 260 g/mol. The van der Waals surface area contributed by atoms with Crippen molar-refractivity contribution in [1.29, 1.82) is 0 Å². The number of ketones is 1. The maximum atomic E-state index is 12.1. The van der Waals surface area contributed by atoms with Gasteiger partial charge in [-0.05, 0) is 55.5 Å². The number of carbonyl (C=O) groups excluding carboxylic acids is 1. The van der Waals surface area contributed by atoms with Gasteiger partial charge in [-0.3, -0.25) is 4.79 Å². The van der Waals surface area contributed by atoms with E-state index in [9.17, 15) is 9.90 Å². The highest BCUT2D eigenvalue weighted by atomic mass is 16.5. The Hall–Kier alpha value is -1.77. The van der Waals surface area contributed by atoms with E-state index >= 15 is 0 Å². The third kappa shape index (κ3) is 3.16. The van der Waals surface area contributed by atoms with Crippen molar-refractivity contribution in [3.63, 3.8) is 0 Å². The summed E-state index contributed by atoms with van der Waals surface area (Å²) in [5.41, 5.74) is 1.78. The van der Waals surface area contributed by atoms with E-state index in [0.717, 1.165) is 30.4 Å². The Morgan fingerprint density at radius 2 is 2.26 bits per heavy atom. The lowest BCUT2D eigenvalue weighted by Gasteiger charge is -2.19. The van der Waals surface area contributed by atoms with Crippen molar-refractivity contribution < 1.29 is 14.6 Å². The van der Waals surface area contributed by atoms with Crippen LogP contribution in [0.5, 0.6) is 11.5 Å². The Labute approximate surface area is 113 Å². The van der Waals surface area contributed by atoms with Gasteiger partial charge in [0, 0.05) is 5.92 Å². The van der Waals surface area contributed by atoms with E-state index in [1.807, 2.05) is 19.9 Å². The van der Waals surface area contributed by atoms with Crippen LogP contribution in [0.25, 0.3) is 6.08 Å². The minimum atomic E-state index is 0.128. The zero-order valence-electron chi connectivity index (χ0n) is 11.5. The Bertz CT molecular complexity index is 503. The molecule has 2 rings (SSSR count). The summed E-state index contributed by atoms with van der Waals surface area (Å²) in [6, 6.07) is 5.18. The lowest BCUT2D eigenvalue weighted by molar-refractivity contribution is -0.119.